The number of rotatable bonds is 6. The summed E-state index contributed by atoms with van der Waals surface area (Å²) in [5.74, 6) is 0.981. The predicted molar refractivity (Wildman–Crippen MR) is 117 cm³/mol. The highest BCUT2D eigenvalue weighted by Crippen LogP contribution is 2.34. The summed E-state index contributed by atoms with van der Waals surface area (Å²) in [5.41, 5.74) is 11.9. The van der Waals surface area contributed by atoms with Crippen LogP contribution in [0.4, 0.5) is 5.13 Å². The molecule has 1 atom stereocenters. The van der Waals surface area contributed by atoms with E-state index in [1.165, 1.54) is 33.6 Å². The van der Waals surface area contributed by atoms with Crippen molar-refractivity contribution in [2.24, 2.45) is 0 Å². The molecule has 1 aromatic heterocycles. The summed E-state index contributed by atoms with van der Waals surface area (Å²) in [6, 6.07) is 27.3. The highest BCUT2D eigenvalue weighted by molar-refractivity contribution is 7.13. The van der Waals surface area contributed by atoms with E-state index in [1.54, 1.807) is 7.11 Å². The van der Waals surface area contributed by atoms with Crippen molar-refractivity contribution in [1.29, 1.82) is 0 Å². The van der Waals surface area contributed by atoms with Crippen LogP contribution in [0.2, 0.25) is 0 Å². The van der Waals surface area contributed by atoms with Crippen LogP contribution in [0.25, 0.3) is 11.1 Å². The van der Waals surface area contributed by atoms with Gasteiger partial charge < -0.3 is 10.5 Å². The molecular formula is C24H22N2OS. The molecule has 0 saturated carbocycles. The summed E-state index contributed by atoms with van der Waals surface area (Å²) in [6.07, 6.45) is 0.848. The number of benzene rings is 3. The number of nitrogens with two attached hydrogens (primary N) is 1. The van der Waals surface area contributed by atoms with Gasteiger partial charge in [0.05, 0.1) is 12.8 Å². The van der Waals surface area contributed by atoms with E-state index in [1.807, 2.05) is 18.2 Å². The van der Waals surface area contributed by atoms with Gasteiger partial charge in [0.15, 0.2) is 5.13 Å². The Kier molecular flexibility index (Phi) is 5.40. The quantitative estimate of drug-likeness (QED) is 0.457. The SMILES string of the molecule is COc1ccc(C(Cc2ccccc2-c2ccccc2)c2csc(N)n2)cc1. The van der Waals surface area contributed by atoms with E-state index in [0.29, 0.717) is 5.13 Å². The van der Waals surface area contributed by atoms with E-state index in [4.69, 9.17) is 10.5 Å². The lowest BCUT2D eigenvalue weighted by Gasteiger charge is -2.18. The molecule has 0 saturated heterocycles. The van der Waals surface area contributed by atoms with Gasteiger partial charge in [-0.1, -0.05) is 66.7 Å². The van der Waals surface area contributed by atoms with Gasteiger partial charge in [-0.3, -0.25) is 0 Å². The number of ether oxygens (including phenoxy) is 1. The molecule has 1 unspecified atom stereocenters. The molecule has 140 valence electrons. The summed E-state index contributed by atoms with van der Waals surface area (Å²) in [6.45, 7) is 0. The highest BCUT2D eigenvalue weighted by atomic mass is 32.1. The minimum Gasteiger partial charge on any atom is -0.497 e. The topological polar surface area (TPSA) is 48.1 Å². The van der Waals surface area contributed by atoms with Gasteiger partial charge in [-0.25, -0.2) is 4.98 Å². The van der Waals surface area contributed by atoms with E-state index in [9.17, 15) is 0 Å². The molecule has 0 aliphatic carbocycles. The first-order chi connectivity index (χ1) is 13.7. The summed E-state index contributed by atoms with van der Waals surface area (Å²) in [5, 5.41) is 2.67. The molecule has 4 heteroatoms. The zero-order chi connectivity index (χ0) is 19.3. The first-order valence-electron chi connectivity index (χ1n) is 9.23. The van der Waals surface area contributed by atoms with Crippen LogP contribution < -0.4 is 10.5 Å². The molecule has 0 radical (unpaired) electrons. The third-order valence-electron chi connectivity index (χ3n) is 4.94. The number of thiazole rings is 1. The Morgan fingerprint density at radius 3 is 2.32 bits per heavy atom. The predicted octanol–water partition coefficient (Wildman–Crippen LogP) is 5.78. The fourth-order valence-electron chi connectivity index (χ4n) is 3.51. The Hall–Kier alpha value is -3.11. The molecule has 4 rings (SSSR count). The number of hydrogen-bond acceptors (Lipinski definition) is 4. The molecule has 0 aliphatic rings. The molecule has 3 nitrogen and oxygen atoms in total. The molecule has 2 N–H and O–H groups in total. The minimum absolute atomic E-state index is 0.129. The smallest absolute Gasteiger partial charge is 0.180 e. The molecule has 4 aromatic rings. The van der Waals surface area contributed by atoms with Crippen molar-refractivity contribution in [1.82, 2.24) is 4.98 Å². The zero-order valence-corrected chi connectivity index (χ0v) is 16.5. The Balaban J connectivity index is 1.74. The Bertz CT molecular complexity index is 1040. The summed E-state index contributed by atoms with van der Waals surface area (Å²) in [4.78, 5) is 4.59. The van der Waals surface area contributed by atoms with E-state index in [0.717, 1.165) is 17.9 Å². The molecule has 0 aliphatic heterocycles. The molecule has 0 spiro atoms. The molecule has 3 aromatic carbocycles. The monoisotopic (exact) mass is 386 g/mol. The maximum Gasteiger partial charge on any atom is 0.180 e. The van der Waals surface area contributed by atoms with Crippen LogP contribution in [0, 0.1) is 0 Å². The summed E-state index contributed by atoms with van der Waals surface area (Å²) in [7, 11) is 1.68. The van der Waals surface area contributed by atoms with Gasteiger partial charge in [0, 0.05) is 11.3 Å². The van der Waals surface area contributed by atoms with Crippen LogP contribution in [0.15, 0.2) is 84.2 Å². The number of hydrogen-bond donors (Lipinski definition) is 1. The fraction of sp³-hybridized carbons (Fsp3) is 0.125. The second-order valence-electron chi connectivity index (χ2n) is 6.66. The van der Waals surface area contributed by atoms with E-state index in [-0.39, 0.29) is 5.92 Å². The maximum atomic E-state index is 5.94. The molecular weight excluding hydrogens is 364 g/mol. The van der Waals surface area contributed by atoms with Gasteiger partial charge >= 0.3 is 0 Å². The number of aromatic nitrogens is 1. The first kappa shape index (κ1) is 18.3. The number of methoxy groups -OCH3 is 1. The normalized spacial score (nSPS) is 11.9. The molecule has 0 fully saturated rings. The van der Waals surface area contributed by atoms with Gasteiger partial charge in [0.1, 0.15) is 5.75 Å². The Morgan fingerprint density at radius 2 is 1.64 bits per heavy atom. The minimum atomic E-state index is 0.129. The van der Waals surface area contributed by atoms with Crippen LogP contribution in [0.5, 0.6) is 5.75 Å². The van der Waals surface area contributed by atoms with Gasteiger partial charge in [-0.15, -0.1) is 11.3 Å². The summed E-state index contributed by atoms with van der Waals surface area (Å²) < 4.78 is 5.32. The van der Waals surface area contributed by atoms with Gasteiger partial charge in [-0.2, -0.15) is 0 Å². The van der Waals surface area contributed by atoms with E-state index in [2.05, 4.69) is 71.0 Å². The third-order valence-corrected chi connectivity index (χ3v) is 5.63. The van der Waals surface area contributed by atoms with Crippen LogP contribution in [-0.4, -0.2) is 12.1 Å². The molecule has 0 amide bonds. The van der Waals surface area contributed by atoms with Crippen molar-refractivity contribution in [3.63, 3.8) is 0 Å². The van der Waals surface area contributed by atoms with Crippen LogP contribution in [0.1, 0.15) is 22.7 Å². The lowest BCUT2D eigenvalue weighted by Crippen LogP contribution is -2.07. The molecule has 1 heterocycles. The van der Waals surface area contributed by atoms with Gasteiger partial charge in [0.25, 0.3) is 0 Å². The number of anilines is 1. The lowest BCUT2D eigenvalue weighted by atomic mass is 9.86. The Morgan fingerprint density at radius 1 is 0.929 bits per heavy atom. The summed E-state index contributed by atoms with van der Waals surface area (Å²) >= 11 is 1.49. The second-order valence-corrected chi connectivity index (χ2v) is 7.55. The second kappa shape index (κ2) is 8.28. The van der Waals surface area contributed by atoms with E-state index < -0.39 is 0 Å². The van der Waals surface area contributed by atoms with E-state index >= 15 is 0 Å². The van der Waals surface area contributed by atoms with Crippen LogP contribution >= 0.6 is 11.3 Å². The van der Waals surface area contributed by atoms with Crippen molar-refractivity contribution < 1.29 is 4.74 Å². The average molecular weight is 387 g/mol. The zero-order valence-electron chi connectivity index (χ0n) is 15.7. The lowest BCUT2D eigenvalue weighted by molar-refractivity contribution is 0.414. The first-order valence-corrected chi connectivity index (χ1v) is 10.1. The van der Waals surface area contributed by atoms with Crippen molar-refractivity contribution in [2.45, 2.75) is 12.3 Å². The number of nitrogen functional groups attached to an aromatic ring is 1. The van der Waals surface area contributed by atoms with Crippen LogP contribution in [-0.2, 0) is 6.42 Å². The van der Waals surface area contributed by atoms with Crippen molar-refractivity contribution >= 4 is 16.5 Å². The van der Waals surface area contributed by atoms with Crippen LogP contribution in [0.3, 0.4) is 0 Å². The maximum absolute atomic E-state index is 5.94. The molecule has 0 bridgehead atoms. The standard InChI is InChI=1S/C24H22N2OS/c1-27-20-13-11-18(12-14-20)22(23-16-28-24(25)26-23)15-19-9-5-6-10-21(19)17-7-3-2-4-8-17/h2-14,16,22H,15H2,1H3,(H2,25,26). The van der Waals surface area contributed by atoms with Crippen molar-refractivity contribution in [2.75, 3.05) is 12.8 Å². The van der Waals surface area contributed by atoms with Crippen molar-refractivity contribution in [3.8, 4) is 16.9 Å². The van der Waals surface area contributed by atoms with Gasteiger partial charge in [-0.05, 0) is 40.8 Å². The average Bonchev–Trinajstić information content (AvgIpc) is 3.19. The number of nitrogens with zero attached hydrogens (tertiary/aromatic N) is 1. The molecule has 28 heavy (non-hydrogen) atoms. The highest BCUT2D eigenvalue weighted by Gasteiger charge is 2.20. The third kappa shape index (κ3) is 3.92. The Labute approximate surface area is 169 Å². The van der Waals surface area contributed by atoms with Crippen molar-refractivity contribution in [3.05, 3.63) is 101 Å². The largest absolute Gasteiger partial charge is 0.497 e. The fourth-order valence-corrected chi connectivity index (χ4v) is 4.12. The van der Waals surface area contributed by atoms with Gasteiger partial charge in [0.2, 0.25) is 0 Å².